The van der Waals surface area contributed by atoms with E-state index in [1.807, 2.05) is 24.4 Å². The monoisotopic (exact) mass is 563 g/mol. The zero-order chi connectivity index (χ0) is 26.1. The zero-order valence-corrected chi connectivity index (χ0v) is 23.4. The first-order chi connectivity index (χ1) is 18.6. The van der Waals surface area contributed by atoms with Crippen molar-refractivity contribution >= 4 is 51.6 Å². The highest BCUT2D eigenvalue weighted by molar-refractivity contribution is 6.36. The van der Waals surface area contributed by atoms with Gasteiger partial charge in [0.05, 0.1) is 18.0 Å². The minimum absolute atomic E-state index is 0. The van der Waals surface area contributed by atoms with Crippen LogP contribution in [0, 0.1) is 11.3 Å². The predicted molar refractivity (Wildman–Crippen MR) is 158 cm³/mol. The van der Waals surface area contributed by atoms with E-state index in [-0.39, 0.29) is 18.4 Å². The molecule has 1 unspecified atom stereocenters. The molecule has 0 spiro atoms. The fourth-order valence-electron chi connectivity index (χ4n) is 5.58. The van der Waals surface area contributed by atoms with Gasteiger partial charge in [-0.15, -0.1) is 12.4 Å². The third kappa shape index (κ3) is 5.59. The summed E-state index contributed by atoms with van der Waals surface area (Å²) in [5, 5.41) is 15.4. The molecule has 2 aliphatic rings. The molecule has 4 heterocycles. The molecule has 2 fully saturated rings. The lowest BCUT2D eigenvalue weighted by Crippen LogP contribution is -2.51. The van der Waals surface area contributed by atoms with Crippen LogP contribution in [-0.4, -0.2) is 71.8 Å². The van der Waals surface area contributed by atoms with Crippen molar-refractivity contribution in [3.05, 3.63) is 53.7 Å². The van der Waals surface area contributed by atoms with Gasteiger partial charge in [-0.3, -0.25) is 4.98 Å². The second-order valence-corrected chi connectivity index (χ2v) is 10.5. The normalized spacial score (nSPS) is 19.7. The standard InChI is InChI=1S/C29H30ClN7O.ClH/c1-36-13-4-7-22(36)18-38-29-34-25-15-20(23-8-2-5-19-6-3-9-24(30)26(19)23)16-33-27(25)28(35-29)37-14-12-32-21(17-37)10-11-31;/h2-3,5-6,8-9,15-16,21-22,32H,4,7,10,12-14,17-18H2,1H3;1H/t21-,22?;/m0./s1. The Kier molecular flexibility index (Phi) is 8.34. The summed E-state index contributed by atoms with van der Waals surface area (Å²) < 4.78 is 6.20. The number of piperazine rings is 1. The van der Waals surface area contributed by atoms with Crippen molar-refractivity contribution in [1.82, 2.24) is 25.2 Å². The molecule has 202 valence electrons. The van der Waals surface area contributed by atoms with Crippen LogP contribution in [0.4, 0.5) is 5.82 Å². The number of anilines is 1. The van der Waals surface area contributed by atoms with Crippen LogP contribution in [0.1, 0.15) is 19.3 Å². The third-order valence-electron chi connectivity index (χ3n) is 7.63. The largest absolute Gasteiger partial charge is 0.462 e. The maximum atomic E-state index is 9.24. The Morgan fingerprint density at radius 2 is 2.03 bits per heavy atom. The highest BCUT2D eigenvalue weighted by Gasteiger charge is 2.25. The number of likely N-dealkylation sites (N-methyl/N-ethyl adjacent to an activating group) is 1. The number of likely N-dealkylation sites (tertiary alicyclic amines) is 1. The minimum atomic E-state index is 0. The van der Waals surface area contributed by atoms with Crippen LogP contribution < -0.4 is 15.0 Å². The Bertz CT molecular complexity index is 1520. The number of ether oxygens (including phenoxy) is 1. The minimum Gasteiger partial charge on any atom is -0.462 e. The zero-order valence-electron chi connectivity index (χ0n) is 21.8. The summed E-state index contributed by atoms with van der Waals surface area (Å²) in [6.45, 7) is 3.84. The summed E-state index contributed by atoms with van der Waals surface area (Å²) in [4.78, 5) is 19.1. The topological polar surface area (TPSA) is 90.2 Å². The van der Waals surface area contributed by atoms with Crippen molar-refractivity contribution in [2.75, 3.05) is 44.7 Å². The highest BCUT2D eigenvalue weighted by atomic mass is 35.5. The SMILES string of the molecule is CN1CCCC1COc1nc(N2CCN[C@@H](CC#N)C2)c2ncc(-c3cccc4cccc(Cl)c34)cc2n1.Cl. The Labute approximate surface area is 239 Å². The fourth-order valence-corrected chi connectivity index (χ4v) is 5.86. The number of rotatable bonds is 6. The number of pyridine rings is 1. The third-order valence-corrected chi connectivity index (χ3v) is 7.95. The van der Waals surface area contributed by atoms with E-state index in [4.69, 9.17) is 31.3 Å². The van der Waals surface area contributed by atoms with E-state index in [0.717, 1.165) is 64.8 Å². The summed E-state index contributed by atoms with van der Waals surface area (Å²) in [6.07, 6.45) is 4.60. The lowest BCUT2D eigenvalue weighted by molar-refractivity contribution is 0.188. The Morgan fingerprint density at radius 3 is 2.82 bits per heavy atom. The van der Waals surface area contributed by atoms with E-state index in [9.17, 15) is 5.26 Å². The van der Waals surface area contributed by atoms with Gasteiger partial charge in [-0.1, -0.05) is 41.9 Å². The van der Waals surface area contributed by atoms with Crippen molar-refractivity contribution < 1.29 is 4.74 Å². The molecule has 0 radical (unpaired) electrons. The number of benzene rings is 2. The van der Waals surface area contributed by atoms with E-state index >= 15 is 0 Å². The van der Waals surface area contributed by atoms with E-state index in [1.54, 1.807) is 0 Å². The Balaban J connectivity index is 0.00000308. The molecule has 4 aromatic rings. The average molecular weight is 565 g/mol. The molecule has 0 saturated carbocycles. The second kappa shape index (κ2) is 11.9. The summed E-state index contributed by atoms with van der Waals surface area (Å²) in [5.41, 5.74) is 3.39. The molecule has 1 N–H and O–H groups in total. The van der Waals surface area contributed by atoms with Crippen LogP contribution in [0.5, 0.6) is 6.01 Å². The molecule has 2 atom stereocenters. The first kappa shape index (κ1) is 27.4. The lowest BCUT2D eigenvalue weighted by Gasteiger charge is -2.33. The smallest absolute Gasteiger partial charge is 0.319 e. The number of fused-ring (bicyclic) bond motifs is 2. The summed E-state index contributed by atoms with van der Waals surface area (Å²) in [7, 11) is 2.13. The molecular weight excluding hydrogens is 533 g/mol. The van der Waals surface area contributed by atoms with Crippen molar-refractivity contribution in [3.63, 3.8) is 0 Å². The lowest BCUT2D eigenvalue weighted by atomic mass is 9.99. The van der Waals surface area contributed by atoms with Crippen molar-refractivity contribution in [3.8, 4) is 23.2 Å². The second-order valence-electron chi connectivity index (χ2n) is 10.1. The van der Waals surface area contributed by atoms with Gasteiger partial charge in [0.25, 0.3) is 0 Å². The van der Waals surface area contributed by atoms with Crippen LogP contribution in [0.25, 0.3) is 32.9 Å². The molecular formula is C29H31Cl2N7O. The predicted octanol–water partition coefficient (Wildman–Crippen LogP) is 5.09. The molecule has 8 nitrogen and oxygen atoms in total. The number of nitrogens with zero attached hydrogens (tertiary/aromatic N) is 6. The number of nitriles is 1. The van der Waals surface area contributed by atoms with E-state index in [2.05, 4.69) is 52.5 Å². The van der Waals surface area contributed by atoms with Crippen LogP contribution in [-0.2, 0) is 0 Å². The maximum Gasteiger partial charge on any atom is 0.319 e. The summed E-state index contributed by atoms with van der Waals surface area (Å²) >= 11 is 6.63. The van der Waals surface area contributed by atoms with Crippen LogP contribution in [0.2, 0.25) is 5.02 Å². The number of hydrogen-bond acceptors (Lipinski definition) is 8. The Hall–Kier alpha value is -3.22. The van der Waals surface area contributed by atoms with E-state index in [0.29, 0.717) is 36.6 Å². The van der Waals surface area contributed by atoms with Gasteiger partial charge in [0.15, 0.2) is 5.82 Å². The van der Waals surface area contributed by atoms with Crippen LogP contribution >= 0.6 is 24.0 Å². The van der Waals surface area contributed by atoms with Crippen LogP contribution in [0.15, 0.2) is 48.7 Å². The van der Waals surface area contributed by atoms with Crippen molar-refractivity contribution in [1.29, 1.82) is 5.26 Å². The molecule has 0 bridgehead atoms. The summed E-state index contributed by atoms with van der Waals surface area (Å²) in [6, 6.07) is 17.2. The first-order valence-corrected chi connectivity index (χ1v) is 13.5. The van der Waals surface area contributed by atoms with E-state index < -0.39 is 0 Å². The van der Waals surface area contributed by atoms with Gasteiger partial charge in [-0.2, -0.15) is 15.2 Å². The first-order valence-electron chi connectivity index (χ1n) is 13.1. The van der Waals surface area contributed by atoms with Crippen molar-refractivity contribution in [2.24, 2.45) is 0 Å². The molecule has 2 aliphatic heterocycles. The highest BCUT2D eigenvalue weighted by Crippen LogP contribution is 2.35. The Morgan fingerprint density at radius 1 is 1.18 bits per heavy atom. The van der Waals surface area contributed by atoms with Gasteiger partial charge in [0.1, 0.15) is 12.1 Å². The molecule has 6 rings (SSSR count). The van der Waals surface area contributed by atoms with Gasteiger partial charge in [0.2, 0.25) is 0 Å². The number of hydrogen-bond donors (Lipinski definition) is 1. The molecule has 0 amide bonds. The quantitative estimate of drug-likeness (QED) is 0.347. The number of aromatic nitrogens is 3. The number of halogens is 2. The van der Waals surface area contributed by atoms with Gasteiger partial charge in [-0.05, 0) is 49.5 Å². The fraction of sp³-hybridized carbons (Fsp3) is 0.379. The van der Waals surface area contributed by atoms with E-state index in [1.165, 1.54) is 6.42 Å². The molecule has 2 saturated heterocycles. The van der Waals surface area contributed by atoms with Gasteiger partial charge < -0.3 is 19.9 Å². The van der Waals surface area contributed by atoms with Gasteiger partial charge in [-0.25, -0.2) is 0 Å². The molecule has 2 aromatic heterocycles. The average Bonchev–Trinajstić information content (AvgIpc) is 3.35. The van der Waals surface area contributed by atoms with Gasteiger partial charge >= 0.3 is 6.01 Å². The van der Waals surface area contributed by atoms with Gasteiger partial charge in [0, 0.05) is 53.9 Å². The molecule has 10 heteroatoms. The van der Waals surface area contributed by atoms with Crippen LogP contribution in [0.3, 0.4) is 0 Å². The number of nitrogens with one attached hydrogen (secondary N) is 1. The molecule has 2 aromatic carbocycles. The summed E-state index contributed by atoms with van der Waals surface area (Å²) in [5.74, 6) is 0.747. The van der Waals surface area contributed by atoms with Crippen molar-refractivity contribution in [2.45, 2.75) is 31.3 Å². The molecule has 39 heavy (non-hydrogen) atoms. The maximum absolute atomic E-state index is 9.24. The molecule has 0 aliphatic carbocycles.